The van der Waals surface area contributed by atoms with Crippen molar-refractivity contribution in [2.75, 3.05) is 13.3 Å². The first kappa shape index (κ1) is 22.8. The molecule has 5 aromatic rings. The lowest BCUT2D eigenvalue weighted by atomic mass is 10.0. The minimum atomic E-state index is -0.783. The van der Waals surface area contributed by atoms with Crippen LogP contribution in [0, 0.1) is 12.7 Å². The number of imidazole rings is 1. The number of hydrogen-bond donors (Lipinski definition) is 1. The summed E-state index contributed by atoms with van der Waals surface area (Å²) in [6, 6.07) is 5.00. The summed E-state index contributed by atoms with van der Waals surface area (Å²) in [6.07, 6.45) is 6.79. The van der Waals surface area contributed by atoms with Crippen molar-refractivity contribution in [1.82, 2.24) is 34.2 Å². The topological polar surface area (TPSA) is 99.6 Å². The molecule has 178 valence electrons. The first-order valence-electron chi connectivity index (χ1n) is 10.7. The van der Waals surface area contributed by atoms with Crippen LogP contribution in [0.2, 0.25) is 0 Å². The summed E-state index contributed by atoms with van der Waals surface area (Å²) >= 11 is 1.59. The second-order valence-corrected chi connectivity index (χ2v) is 9.00. The summed E-state index contributed by atoms with van der Waals surface area (Å²) in [5.41, 5.74) is 4.03. The Bertz CT molecular complexity index is 1720. The normalized spacial score (nSPS) is 11.5. The molecule has 4 aromatic heterocycles. The molecule has 1 amide bonds. The Morgan fingerprint density at radius 2 is 1.89 bits per heavy atom. The van der Waals surface area contributed by atoms with Gasteiger partial charge in [-0.25, -0.2) is 18.7 Å². The third-order valence-electron chi connectivity index (χ3n) is 6.03. The molecule has 0 atom stereocenters. The van der Waals surface area contributed by atoms with E-state index in [1.165, 1.54) is 22.4 Å². The lowest BCUT2D eigenvalue weighted by Gasteiger charge is -2.11. The Labute approximate surface area is 203 Å². The van der Waals surface area contributed by atoms with Crippen LogP contribution in [0.4, 0.5) is 4.39 Å². The van der Waals surface area contributed by atoms with Crippen LogP contribution >= 0.6 is 11.8 Å². The van der Waals surface area contributed by atoms with Gasteiger partial charge in [0.25, 0.3) is 5.91 Å². The average molecular weight is 492 g/mol. The number of amides is 1. The monoisotopic (exact) mass is 491 g/mol. The molecule has 35 heavy (non-hydrogen) atoms. The molecule has 4 heterocycles. The lowest BCUT2D eigenvalue weighted by Crippen LogP contribution is -2.23. The molecular weight excluding hydrogens is 469 g/mol. The maximum absolute atomic E-state index is 15.2. The number of fused-ring (bicyclic) bond motifs is 3. The van der Waals surface area contributed by atoms with Crippen LogP contribution in [0.5, 0.6) is 0 Å². The summed E-state index contributed by atoms with van der Waals surface area (Å²) in [4.78, 5) is 35.0. The Hall–Kier alpha value is -3.99. The predicted molar refractivity (Wildman–Crippen MR) is 134 cm³/mol. The Morgan fingerprint density at radius 3 is 2.51 bits per heavy atom. The van der Waals surface area contributed by atoms with Gasteiger partial charge >= 0.3 is 5.69 Å². The Morgan fingerprint density at radius 1 is 1.11 bits per heavy atom. The number of thioether (sulfide) groups is 1. The van der Waals surface area contributed by atoms with Gasteiger partial charge in [-0.2, -0.15) is 5.10 Å². The zero-order valence-electron chi connectivity index (χ0n) is 19.8. The molecule has 0 radical (unpaired) electrons. The van der Waals surface area contributed by atoms with Gasteiger partial charge in [0, 0.05) is 49.4 Å². The summed E-state index contributed by atoms with van der Waals surface area (Å²) in [5.74, 6) is -1.44. The van der Waals surface area contributed by atoms with Gasteiger partial charge in [0.1, 0.15) is 0 Å². The number of halogens is 1. The highest BCUT2D eigenvalue weighted by Crippen LogP contribution is 2.37. The fourth-order valence-corrected chi connectivity index (χ4v) is 4.95. The molecule has 5 rings (SSSR count). The molecule has 0 spiro atoms. The number of pyridine rings is 2. The minimum absolute atomic E-state index is 0.0625. The molecule has 9 nitrogen and oxygen atoms in total. The molecule has 1 N–H and O–H groups in total. The molecule has 0 aliphatic rings. The molecule has 0 aliphatic heterocycles. The number of hydrogen-bond acceptors (Lipinski definition) is 6. The quantitative estimate of drug-likeness (QED) is 0.388. The Kier molecular flexibility index (Phi) is 5.43. The fourth-order valence-electron chi connectivity index (χ4n) is 4.33. The average Bonchev–Trinajstić information content (AvgIpc) is 3.32. The first-order chi connectivity index (χ1) is 16.7. The van der Waals surface area contributed by atoms with Gasteiger partial charge in [0.2, 0.25) is 0 Å². The molecule has 0 unspecified atom stereocenters. The number of aromatic nitrogens is 6. The maximum Gasteiger partial charge on any atom is 0.334 e. The van der Waals surface area contributed by atoms with Crippen LogP contribution in [-0.4, -0.2) is 48.1 Å². The third kappa shape index (κ3) is 3.50. The predicted octanol–water partition coefficient (Wildman–Crippen LogP) is 3.20. The SMILES string of the molecule is CNC(=O)c1cnc(-n2c(=O)n(C)c3cnc4cc(SC)c(-c5cn(C)nc5C)cc4c32)c(F)c1. The minimum Gasteiger partial charge on any atom is -0.355 e. The van der Waals surface area contributed by atoms with Gasteiger partial charge in [-0.15, -0.1) is 11.8 Å². The number of carbonyl (C=O) groups excluding carboxylic acids is 1. The van der Waals surface area contributed by atoms with Crippen molar-refractivity contribution in [3.05, 3.63) is 64.3 Å². The summed E-state index contributed by atoms with van der Waals surface area (Å²) in [5, 5.41) is 7.58. The molecule has 11 heteroatoms. The summed E-state index contributed by atoms with van der Waals surface area (Å²) < 4.78 is 19.6. The number of nitrogens with one attached hydrogen (secondary N) is 1. The van der Waals surface area contributed by atoms with Crippen LogP contribution in [0.1, 0.15) is 16.1 Å². The van der Waals surface area contributed by atoms with Crippen LogP contribution in [0.15, 0.2) is 46.5 Å². The van der Waals surface area contributed by atoms with Crippen LogP contribution < -0.4 is 11.0 Å². The van der Waals surface area contributed by atoms with Crippen molar-refractivity contribution in [2.24, 2.45) is 14.1 Å². The highest BCUT2D eigenvalue weighted by Gasteiger charge is 2.22. The fraction of sp³-hybridized carbons (Fsp3) is 0.208. The zero-order chi connectivity index (χ0) is 25.0. The van der Waals surface area contributed by atoms with Gasteiger partial charge < -0.3 is 5.32 Å². The van der Waals surface area contributed by atoms with Crippen molar-refractivity contribution in [1.29, 1.82) is 0 Å². The van der Waals surface area contributed by atoms with Crippen molar-refractivity contribution >= 4 is 39.6 Å². The number of rotatable bonds is 4. The molecule has 0 fully saturated rings. The summed E-state index contributed by atoms with van der Waals surface area (Å²) in [7, 11) is 4.92. The standard InChI is InChI=1S/C24H22FN7O2S/c1-12-16(11-30(3)29-12)14-7-15-18(8-20(14)35-5)27-10-19-21(15)32(24(34)31(19)4)22-17(25)6-13(9-28-22)23(33)26-2/h6-11H,1-5H3,(H,26,33). The third-order valence-corrected chi connectivity index (χ3v) is 6.81. The van der Waals surface area contributed by atoms with E-state index >= 15 is 4.39 Å². The molecule has 0 saturated carbocycles. The van der Waals surface area contributed by atoms with Crippen LogP contribution in [0.25, 0.3) is 38.9 Å². The van der Waals surface area contributed by atoms with Crippen LogP contribution in [-0.2, 0) is 14.1 Å². The van der Waals surface area contributed by atoms with Crippen molar-refractivity contribution in [3.8, 4) is 16.9 Å². The Balaban J connectivity index is 1.87. The van der Waals surface area contributed by atoms with E-state index in [1.54, 1.807) is 29.7 Å². The van der Waals surface area contributed by atoms with Gasteiger partial charge in [0.15, 0.2) is 11.6 Å². The van der Waals surface area contributed by atoms with E-state index in [2.05, 4.69) is 20.4 Å². The largest absolute Gasteiger partial charge is 0.355 e. The summed E-state index contributed by atoms with van der Waals surface area (Å²) in [6.45, 7) is 1.94. The van der Waals surface area contributed by atoms with Crippen LogP contribution in [0.3, 0.4) is 0 Å². The number of carbonyl (C=O) groups is 1. The van der Waals surface area contributed by atoms with E-state index in [1.807, 2.05) is 38.6 Å². The number of benzene rings is 1. The van der Waals surface area contributed by atoms with E-state index in [0.717, 1.165) is 27.8 Å². The van der Waals surface area contributed by atoms with E-state index in [0.29, 0.717) is 21.9 Å². The van der Waals surface area contributed by atoms with Crippen molar-refractivity contribution in [3.63, 3.8) is 0 Å². The van der Waals surface area contributed by atoms with E-state index in [4.69, 9.17) is 0 Å². The zero-order valence-corrected chi connectivity index (χ0v) is 20.6. The molecular formula is C24H22FN7O2S. The highest BCUT2D eigenvalue weighted by atomic mass is 32.2. The van der Waals surface area contributed by atoms with Gasteiger partial charge in [0.05, 0.1) is 34.0 Å². The van der Waals surface area contributed by atoms with Gasteiger partial charge in [-0.3, -0.25) is 19.0 Å². The highest BCUT2D eigenvalue weighted by molar-refractivity contribution is 7.98. The van der Waals surface area contributed by atoms with Crippen molar-refractivity contribution in [2.45, 2.75) is 11.8 Å². The smallest absolute Gasteiger partial charge is 0.334 e. The first-order valence-corrected chi connectivity index (χ1v) is 11.9. The molecule has 0 aliphatic carbocycles. The second kappa shape index (κ2) is 8.35. The molecule has 0 bridgehead atoms. The van der Waals surface area contributed by atoms with Gasteiger partial charge in [-0.05, 0) is 36.9 Å². The van der Waals surface area contributed by atoms with E-state index < -0.39 is 17.4 Å². The van der Waals surface area contributed by atoms with E-state index in [-0.39, 0.29) is 11.4 Å². The maximum atomic E-state index is 15.2. The number of aryl methyl sites for hydroxylation is 3. The molecule has 1 aromatic carbocycles. The van der Waals surface area contributed by atoms with E-state index in [9.17, 15) is 9.59 Å². The van der Waals surface area contributed by atoms with Crippen molar-refractivity contribution < 1.29 is 9.18 Å². The second-order valence-electron chi connectivity index (χ2n) is 8.15. The number of nitrogens with zero attached hydrogens (tertiary/aromatic N) is 6. The molecule has 0 saturated heterocycles. The van der Waals surface area contributed by atoms with Gasteiger partial charge in [-0.1, -0.05) is 0 Å². The lowest BCUT2D eigenvalue weighted by molar-refractivity contribution is 0.0962.